The minimum absolute atomic E-state index is 0.000531. The van der Waals surface area contributed by atoms with Crippen molar-refractivity contribution in [2.75, 3.05) is 13.2 Å². The van der Waals surface area contributed by atoms with Crippen LogP contribution in [0.5, 0.6) is 0 Å². The van der Waals surface area contributed by atoms with Gasteiger partial charge in [-0.3, -0.25) is 4.79 Å². The third kappa shape index (κ3) is 2.43. The smallest absolute Gasteiger partial charge is 0.192 e. The van der Waals surface area contributed by atoms with Crippen molar-refractivity contribution in [3.05, 3.63) is 59.7 Å². The Kier molecular flexibility index (Phi) is 3.39. The maximum Gasteiger partial charge on any atom is 0.192 e. The molecule has 0 amide bonds. The van der Waals surface area contributed by atoms with Gasteiger partial charge in [-0.1, -0.05) is 36.4 Å². The largest absolute Gasteiger partial charge is 0.367 e. The van der Waals surface area contributed by atoms with E-state index in [2.05, 4.69) is 15.9 Å². The molecule has 1 fully saturated rings. The number of benzene rings is 1. The number of halogens is 1. The Bertz CT molecular complexity index is 550. The van der Waals surface area contributed by atoms with Crippen molar-refractivity contribution in [1.82, 2.24) is 0 Å². The number of ether oxygens (including phenoxy) is 2. The Morgan fingerprint density at radius 3 is 2.84 bits per heavy atom. The van der Waals surface area contributed by atoms with E-state index < -0.39 is 4.51 Å². The van der Waals surface area contributed by atoms with Crippen molar-refractivity contribution in [3.63, 3.8) is 0 Å². The van der Waals surface area contributed by atoms with E-state index in [4.69, 9.17) is 9.47 Å². The van der Waals surface area contributed by atoms with Gasteiger partial charge in [0, 0.05) is 11.1 Å². The molecule has 1 heterocycles. The lowest BCUT2D eigenvalue weighted by Gasteiger charge is -2.37. The van der Waals surface area contributed by atoms with Crippen molar-refractivity contribution in [2.24, 2.45) is 0 Å². The molecule has 3 nitrogen and oxygen atoms in total. The zero-order valence-corrected chi connectivity index (χ0v) is 11.8. The molecule has 1 aliphatic carbocycles. The van der Waals surface area contributed by atoms with Gasteiger partial charge in [-0.25, -0.2) is 0 Å². The third-order valence-corrected chi connectivity index (χ3v) is 4.16. The van der Waals surface area contributed by atoms with Crippen LogP contribution in [-0.4, -0.2) is 29.6 Å². The van der Waals surface area contributed by atoms with Gasteiger partial charge in [0.05, 0.1) is 13.2 Å². The van der Waals surface area contributed by atoms with Gasteiger partial charge >= 0.3 is 0 Å². The Morgan fingerprint density at radius 2 is 2.05 bits per heavy atom. The van der Waals surface area contributed by atoms with Crippen LogP contribution in [-0.2, 0) is 9.47 Å². The van der Waals surface area contributed by atoms with Crippen LogP contribution in [0.15, 0.2) is 54.1 Å². The van der Waals surface area contributed by atoms with Crippen molar-refractivity contribution in [1.29, 1.82) is 0 Å². The van der Waals surface area contributed by atoms with Gasteiger partial charge in [0.1, 0.15) is 6.10 Å². The first-order chi connectivity index (χ1) is 9.19. The fourth-order valence-corrected chi connectivity index (χ4v) is 2.76. The summed E-state index contributed by atoms with van der Waals surface area (Å²) in [5.41, 5.74) is 1.31. The molecule has 98 valence electrons. The number of hydrogen-bond acceptors (Lipinski definition) is 3. The van der Waals surface area contributed by atoms with E-state index in [1.807, 2.05) is 42.5 Å². The van der Waals surface area contributed by atoms with Crippen LogP contribution in [0.4, 0.5) is 0 Å². The first-order valence-electron chi connectivity index (χ1n) is 6.14. The van der Waals surface area contributed by atoms with Gasteiger partial charge in [-0.15, -0.1) is 0 Å². The fraction of sp³-hybridized carbons (Fsp3) is 0.267. The van der Waals surface area contributed by atoms with E-state index >= 15 is 0 Å². The summed E-state index contributed by atoms with van der Waals surface area (Å²) >= 11 is 3.52. The second kappa shape index (κ2) is 5.04. The second-order valence-corrected chi connectivity index (χ2v) is 5.73. The molecule has 2 aliphatic rings. The van der Waals surface area contributed by atoms with Crippen molar-refractivity contribution < 1.29 is 14.3 Å². The number of rotatable bonds is 2. The molecule has 2 unspecified atom stereocenters. The summed E-state index contributed by atoms with van der Waals surface area (Å²) in [6, 6.07) is 9.23. The van der Waals surface area contributed by atoms with E-state index in [9.17, 15) is 4.79 Å². The second-order valence-electron chi connectivity index (χ2n) is 4.49. The SMILES string of the molecule is O=C(C1=CC2OCCOC2(Br)C=C1)c1ccccc1. The molecule has 0 aromatic heterocycles. The lowest BCUT2D eigenvalue weighted by atomic mass is 9.95. The molecule has 0 spiro atoms. The molecule has 0 N–H and O–H groups in total. The molecule has 2 atom stereocenters. The predicted molar refractivity (Wildman–Crippen MR) is 75.3 cm³/mol. The van der Waals surface area contributed by atoms with Gasteiger partial charge in [0.25, 0.3) is 0 Å². The number of alkyl halides is 1. The number of fused-ring (bicyclic) bond motifs is 1. The number of carbonyl (C=O) groups excluding carboxylic acids is 1. The topological polar surface area (TPSA) is 35.5 Å². The fourth-order valence-electron chi connectivity index (χ4n) is 2.20. The predicted octanol–water partition coefficient (Wildman–Crippen LogP) is 2.87. The Morgan fingerprint density at radius 1 is 1.26 bits per heavy atom. The molecule has 1 saturated heterocycles. The summed E-state index contributed by atoms with van der Waals surface area (Å²) in [7, 11) is 0. The zero-order chi connectivity index (χ0) is 13.3. The van der Waals surface area contributed by atoms with Crippen LogP contribution >= 0.6 is 15.9 Å². The lowest BCUT2D eigenvalue weighted by Crippen LogP contribution is -2.45. The van der Waals surface area contributed by atoms with E-state index in [-0.39, 0.29) is 11.9 Å². The quantitative estimate of drug-likeness (QED) is 0.621. The third-order valence-electron chi connectivity index (χ3n) is 3.21. The highest BCUT2D eigenvalue weighted by Gasteiger charge is 2.40. The number of carbonyl (C=O) groups is 1. The molecule has 19 heavy (non-hydrogen) atoms. The van der Waals surface area contributed by atoms with Gasteiger partial charge in [0.15, 0.2) is 10.3 Å². The number of ketones is 1. The number of hydrogen-bond donors (Lipinski definition) is 0. The highest BCUT2D eigenvalue weighted by atomic mass is 79.9. The highest BCUT2D eigenvalue weighted by molar-refractivity contribution is 9.10. The highest BCUT2D eigenvalue weighted by Crippen LogP contribution is 2.36. The van der Waals surface area contributed by atoms with Crippen LogP contribution in [0, 0.1) is 0 Å². The molecule has 1 aromatic carbocycles. The maximum atomic E-state index is 12.3. The van der Waals surface area contributed by atoms with Gasteiger partial charge in [-0.2, -0.15) is 0 Å². The Labute approximate surface area is 120 Å². The summed E-state index contributed by atoms with van der Waals surface area (Å²) in [4.78, 5) is 12.3. The van der Waals surface area contributed by atoms with Crippen LogP contribution in [0.2, 0.25) is 0 Å². The average Bonchev–Trinajstić information content (AvgIpc) is 2.46. The van der Waals surface area contributed by atoms with Gasteiger partial charge in [0.2, 0.25) is 0 Å². The number of allylic oxidation sites excluding steroid dienone is 2. The summed E-state index contributed by atoms with van der Waals surface area (Å²) in [5.74, 6) is 0.000531. The Hall–Kier alpha value is -1.23. The Balaban J connectivity index is 1.87. The van der Waals surface area contributed by atoms with E-state index in [1.165, 1.54) is 0 Å². The average molecular weight is 321 g/mol. The molecular formula is C15H13BrO3. The van der Waals surface area contributed by atoms with E-state index in [0.29, 0.717) is 24.4 Å². The number of Topliss-reactive ketones (excluding diaryl/α,β-unsaturated/α-hetero) is 1. The van der Waals surface area contributed by atoms with Crippen LogP contribution in [0.1, 0.15) is 10.4 Å². The summed E-state index contributed by atoms with van der Waals surface area (Å²) < 4.78 is 10.7. The van der Waals surface area contributed by atoms with Crippen molar-refractivity contribution in [3.8, 4) is 0 Å². The zero-order valence-electron chi connectivity index (χ0n) is 10.2. The lowest BCUT2D eigenvalue weighted by molar-refractivity contribution is -0.116. The summed E-state index contributed by atoms with van der Waals surface area (Å²) in [5, 5.41) is 0. The first-order valence-corrected chi connectivity index (χ1v) is 6.94. The minimum Gasteiger partial charge on any atom is -0.367 e. The molecule has 1 aliphatic heterocycles. The maximum absolute atomic E-state index is 12.3. The minimum atomic E-state index is -0.633. The van der Waals surface area contributed by atoms with Crippen molar-refractivity contribution in [2.45, 2.75) is 10.6 Å². The molecular weight excluding hydrogens is 308 g/mol. The standard InChI is InChI=1S/C15H13BrO3/c16-15-7-6-12(10-13(15)18-8-9-19-15)14(17)11-4-2-1-3-5-11/h1-7,10,13H,8-9H2. The van der Waals surface area contributed by atoms with E-state index in [1.54, 1.807) is 6.08 Å². The molecule has 3 rings (SSSR count). The van der Waals surface area contributed by atoms with E-state index in [0.717, 1.165) is 0 Å². The summed E-state index contributed by atoms with van der Waals surface area (Å²) in [6.07, 6.45) is 5.18. The van der Waals surface area contributed by atoms with Crippen LogP contribution in [0.3, 0.4) is 0 Å². The van der Waals surface area contributed by atoms with Crippen molar-refractivity contribution >= 4 is 21.7 Å². The molecule has 1 aromatic rings. The van der Waals surface area contributed by atoms with Gasteiger partial charge in [-0.05, 0) is 28.1 Å². The molecule has 0 saturated carbocycles. The van der Waals surface area contributed by atoms with Gasteiger partial charge < -0.3 is 9.47 Å². The summed E-state index contributed by atoms with van der Waals surface area (Å²) in [6.45, 7) is 1.08. The molecule has 0 bridgehead atoms. The van der Waals surface area contributed by atoms with Crippen LogP contribution in [0.25, 0.3) is 0 Å². The normalized spacial score (nSPS) is 29.5. The first kappa shape index (κ1) is 12.8. The molecule has 0 radical (unpaired) electrons. The van der Waals surface area contributed by atoms with Crippen LogP contribution < -0.4 is 0 Å². The monoisotopic (exact) mass is 320 g/mol. The molecule has 4 heteroatoms.